The first-order valence-corrected chi connectivity index (χ1v) is 14.7. The Morgan fingerprint density at radius 1 is 0.833 bits per heavy atom. The number of hydrogen-bond acceptors (Lipinski definition) is 3. The van der Waals surface area contributed by atoms with E-state index in [1.165, 1.54) is 38.5 Å². The predicted molar refractivity (Wildman–Crippen MR) is 152 cm³/mol. The monoisotopic (exact) mass is 505 g/mol. The summed E-state index contributed by atoms with van der Waals surface area (Å²) in [5.74, 6) is 2.75. The summed E-state index contributed by atoms with van der Waals surface area (Å²) in [4.78, 5) is 13.3. The van der Waals surface area contributed by atoms with Crippen LogP contribution in [0.5, 0.6) is 11.5 Å². The first-order chi connectivity index (χ1) is 16.9. The van der Waals surface area contributed by atoms with E-state index in [-0.39, 0.29) is 33.0 Å². The molecule has 3 nitrogen and oxygen atoms in total. The Bertz CT molecular complexity index is 894. The molecular weight excluding hydrogens is 458 g/mol. The Morgan fingerprint density at radius 2 is 1.39 bits per heavy atom. The van der Waals surface area contributed by atoms with Gasteiger partial charge in [-0.25, -0.2) is 0 Å². The van der Waals surface area contributed by atoms with Gasteiger partial charge >= 0.3 is 18.9 Å². The van der Waals surface area contributed by atoms with E-state index >= 15 is 0 Å². The van der Waals surface area contributed by atoms with Gasteiger partial charge in [-0.2, -0.15) is 0 Å². The van der Waals surface area contributed by atoms with Gasteiger partial charge in [-0.1, -0.05) is 84.4 Å². The van der Waals surface area contributed by atoms with Crippen LogP contribution >= 0.6 is 8.58 Å². The fourth-order valence-electron chi connectivity index (χ4n) is 4.39. The Kier molecular flexibility index (Phi) is 16.4. The fourth-order valence-corrected chi connectivity index (χ4v) is 5.59. The van der Waals surface area contributed by atoms with E-state index in [1.54, 1.807) is 0 Å². The number of carbonyl (C=O) groups is 1. The van der Waals surface area contributed by atoms with Crippen molar-refractivity contribution < 1.29 is 33.1 Å². The van der Waals surface area contributed by atoms with Gasteiger partial charge in [0.2, 0.25) is 0 Å². The summed E-state index contributed by atoms with van der Waals surface area (Å²) in [5, 5.41) is 0.966. The molecule has 2 rings (SSSR count). The summed E-state index contributed by atoms with van der Waals surface area (Å²) in [7, 11) is 0.0266. The third kappa shape index (κ3) is 10.6. The second kappa shape index (κ2) is 18.1. The topological polar surface area (TPSA) is 35.5 Å². The van der Waals surface area contributed by atoms with Crippen LogP contribution in [0.15, 0.2) is 36.4 Å². The van der Waals surface area contributed by atoms with Crippen LogP contribution in [-0.2, 0) is 0 Å². The molecule has 2 aromatic rings. The zero-order valence-corrected chi connectivity index (χ0v) is 24.9. The molecule has 194 valence electrons. The third-order valence-electron chi connectivity index (χ3n) is 6.96. The van der Waals surface area contributed by atoms with Crippen molar-refractivity contribution in [2.24, 2.45) is 11.8 Å². The van der Waals surface area contributed by atoms with Crippen LogP contribution in [0.2, 0.25) is 0 Å². The van der Waals surface area contributed by atoms with E-state index in [9.17, 15) is 4.79 Å². The molecule has 36 heavy (non-hydrogen) atoms. The number of rotatable bonds is 17. The second-order valence-electron chi connectivity index (χ2n) is 9.83. The molecule has 0 saturated carbocycles. The minimum Gasteiger partial charge on any atom is -0.493 e. The van der Waals surface area contributed by atoms with Crippen molar-refractivity contribution in [1.29, 1.82) is 0 Å². The molecule has 0 aliphatic carbocycles. The van der Waals surface area contributed by atoms with Crippen LogP contribution in [0.3, 0.4) is 0 Å². The van der Waals surface area contributed by atoms with Crippen molar-refractivity contribution in [2.45, 2.75) is 92.9 Å². The summed E-state index contributed by atoms with van der Waals surface area (Å²) in [6.07, 6.45) is 9.50. The zero-order chi connectivity index (χ0) is 25.6. The molecule has 5 heteroatoms. The molecule has 2 aromatic carbocycles. The van der Waals surface area contributed by atoms with E-state index in [4.69, 9.17) is 9.47 Å². The molecule has 0 bridgehead atoms. The quantitative estimate of drug-likeness (QED) is 0.206. The zero-order valence-electron chi connectivity index (χ0n) is 23.9. The predicted octanol–water partition coefficient (Wildman–Crippen LogP) is 5.64. The molecule has 3 unspecified atom stereocenters. The molecule has 0 aliphatic heterocycles. The number of carbonyl (C=O) groups excluding carboxylic acids is 1. The van der Waals surface area contributed by atoms with Gasteiger partial charge in [-0.15, -0.1) is 0 Å². The van der Waals surface area contributed by atoms with E-state index in [1.807, 2.05) is 50.2 Å². The molecule has 0 spiro atoms. The van der Waals surface area contributed by atoms with Crippen molar-refractivity contribution in [3.8, 4) is 11.5 Å². The van der Waals surface area contributed by atoms with Gasteiger partial charge in [0.1, 0.15) is 11.5 Å². The van der Waals surface area contributed by atoms with Crippen LogP contribution in [0, 0.1) is 25.7 Å². The van der Waals surface area contributed by atoms with Gasteiger partial charge in [-0.05, 0) is 70.4 Å². The molecule has 0 amide bonds. The Balaban J connectivity index is 0.00000648. The molecule has 0 fully saturated rings. The van der Waals surface area contributed by atoms with Crippen molar-refractivity contribution >= 4 is 19.4 Å². The number of aryl methyl sites for hydroxylation is 2. The average Bonchev–Trinajstić information content (AvgIpc) is 2.85. The molecule has 0 saturated heterocycles. The van der Waals surface area contributed by atoms with Crippen molar-refractivity contribution in [3.05, 3.63) is 53.1 Å². The molecule has 0 heterocycles. The van der Waals surface area contributed by atoms with Crippen molar-refractivity contribution in [3.63, 3.8) is 0 Å². The van der Waals surface area contributed by atoms with E-state index in [0.29, 0.717) is 18.4 Å². The van der Waals surface area contributed by atoms with Crippen LogP contribution < -0.4 is 33.6 Å². The van der Waals surface area contributed by atoms with Crippen LogP contribution in [-0.4, -0.2) is 18.7 Å². The first-order valence-electron chi connectivity index (χ1n) is 13.7. The van der Waals surface area contributed by atoms with E-state index in [0.717, 1.165) is 52.9 Å². The van der Waals surface area contributed by atoms with Gasteiger partial charge < -0.3 is 9.47 Å². The third-order valence-corrected chi connectivity index (χ3v) is 8.12. The summed E-state index contributed by atoms with van der Waals surface area (Å²) < 4.78 is 12.6. The summed E-state index contributed by atoms with van der Waals surface area (Å²) in [6, 6.07) is 12.1. The standard InChI is InChI=1S/C31H47O3P.Li/c1-7-11-16-25(9-3)21-33-27-18-19-29(28(20-27)34-22-26(10-4)17-12-8-2)35-31(32)30-23(5)14-13-15-24(30)6;/h13-15,18-20,25-26,35H,7-12,16-17,21-22H2,1-6H3;/q;+1. The van der Waals surface area contributed by atoms with Crippen molar-refractivity contribution in [1.82, 2.24) is 0 Å². The fraction of sp³-hybridized carbons (Fsp3) is 0.581. The Hall–Kier alpha value is -1.26. The van der Waals surface area contributed by atoms with Gasteiger partial charge in [0.05, 0.1) is 13.2 Å². The first kappa shape index (κ1) is 32.8. The van der Waals surface area contributed by atoms with Crippen LogP contribution in [0.1, 0.15) is 101 Å². The van der Waals surface area contributed by atoms with Crippen LogP contribution in [0.4, 0.5) is 0 Å². The molecule has 0 aromatic heterocycles. The van der Waals surface area contributed by atoms with Crippen molar-refractivity contribution in [2.75, 3.05) is 13.2 Å². The Labute approximate surface area is 234 Å². The van der Waals surface area contributed by atoms with Gasteiger partial charge in [0.15, 0.2) is 5.52 Å². The maximum atomic E-state index is 13.3. The van der Waals surface area contributed by atoms with E-state index < -0.39 is 0 Å². The number of ether oxygens (including phenoxy) is 2. The number of hydrogen-bond donors (Lipinski definition) is 0. The number of unbranched alkanes of at least 4 members (excludes halogenated alkanes) is 2. The smallest absolute Gasteiger partial charge is 0.493 e. The molecule has 0 N–H and O–H groups in total. The molecular formula is C31H47LiO3P+. The Morgan fingerprint density at radius 3 is 1.92 bits per heavy atom. The van der Waals surface area contributed by atoms with Gasteiger partial charge in [0.25, 0.3) is 0 Å². The van der Waals surface area contributed by atoms with Gasteiger partial charge in [-0.3, -0.25) is 4.79 Å². The summed E-state index contributed by atoms with van der Waals surface area (Å²) in [6.45, 7) is 14.4. The van der Waals surface area contributed by atoms with E-state index in [2.05, 4.69) is 27.7 Å². The molecule has 3 atom stereocenters. The molecule has 0 aliphatic rings. The maximum Gasteiger partial charge on any atom is 1.00 e. The minimum atomic E-state index is 0. The van der Waals surface area contributed by atoms with Gasteiger partial charge in [0, 0.05) is 16.9 Å². The summed E-state index contributed by atoms with van der Waals surface area (Å²) in [5.41, 5.74) is 3.08. The minimum absolute atomic E-state index is 0. The maximum absolute atomic E-state index is 13.3. The number of benzene rings is 2. The average molecular weight is 506 g/mol. The SMILES string of the molecule is CCCCC(CC)COc1ccc(PC(=O)c2c(C)cccc2C)c(OCC(CC)CCCC)c1.[Li+]. The summed E-state index contributed by atoms with van der Waals surface area (Å²) >= 11 is 0. The molecule has 0 radical (unpaired) electrons. The van der Waals surface area contributed by atoms with Crippen LogP contribution in [0.25, 0.3) is 0 Å². The largest absolute Gasteiger partial charge is 1.00 e. The second-order valence-corrected chi connectivity index (χ2v) is 11.1. The normalized spacial score (nSPS) is 12.8.